The van der Waals surface area contributed by atoms with Crippen LogP contribution in [-0.4, -0.2) is 20.0 Å². The van der Waals surface area contributed by atoms with E-state index in [1.54, 1.807) is 0 Å². The van der Waals surface area contributed by atoms with Gasteiger partial charge in [0, 0.05) is 24.7 Å². The summed E-state index contributed by atoms with van der Waals surface area (Å²) in [4.78, 5) is 39.3. The molecule has 0 aliphatic carbocycles. The predicted octanol–water partition coefficient (Wildman–Crippen LogP) is 0.766. The second kappa shape index (κ2) is 6.04. The second-order valence-corrected chi connectivity index (χ2v) is 5.76. The van der Waals surface area contributed by atoms with Gasteiger partial charge in [0.25, 0.3) is 5.56 Å². The van der Waals surface area contributed by atoms with Crippen molar-refractivity contribution in [1.29, 1.82) is 0 Å². The Hall–Kier alpha value is -2.22. The number of nitrogens with zero attached hydrogens (tertiary/aromatic N) is 3. The molecule has 2 heterocycles. The average Bonchev–Trinajstić information content (AvgIpc) is 2.88. The van der Waals surface area contributed by atoms with E-state index >= 15 is 0 Å². The molecule has 7 nitrogen and oxygen atoms in total. The first-order valence-electron chi connectivity index (χ1n) is 6.40. The molecule has 2 aromatic rings. The van der Waals surface area contributed by atoms with Crippen LogP contribution in [0.25, 0.3) is 0 Å². The van der Waals surface area contributed by atoms with Crippen molar-refractivity contribution in [2.75, 3.05) is 5.32 Å². The molecule has 0 spiro atoms. The molecule has 0 aliphatic heterocycles. The Bertz CT molecular complexity index is 772. The fraction of sp³-hybridized carbons (Fsp3) is 0.385. The van der Waals surface area contributed by atoms with Gasteiger partial charge in [0.1, 0.15) is 6.54 Å². The molecule has 112 valence electrons. The third-order valence-electron chi connectivity index (χ3n) is 2.93. The van der Waals surface area contributed by atoms with Gasteiger partial charge >= 0.3 is 5.69 Å². The van der Waals surface area contributed by atoms with Crippen LogP contribution >= 0.6 is 11.3 Å². The Morgan fingerprint density at radius 1 is 1.43 bits per heavy atom. The maximum atomic E-state index is 11.9. The van der Waals surface area contributed by atoms with Crippen molar-refractivity contribution in [3.8, 4) is 0 Å². The van der Waals surface area contributed by atoms with Gasteiger partial charge in [-0.3, -0.25) is 18.7 Å². The number of hydrogen-bond donors (Lipinski definition) is 1. The number of aromatic nitrogens is 3. The molecular formula is C13H16N4O3S. The SMILES string of the molecule is CC(C)c1csc(NC(=O)Cn2ccc(=O)n(C)c2=O)n1. The molecule has 0 atom stereocenters. The van der Waals surface area contributed by atoms with Crippen molar-refractivity contribution in [3.05, 3.63) is 44.2 Å². The van der Waals surface area contributed by atoms with Gasteiger partial charge in [0.2, 0.25) is 5.91 Å². The van der Waals surface area contributed by atoms with Crippen LogP contribution < -0.4 is 16.6 Å². The van der Waals surface area contributed by atoms with Gasteiger partial charge in [-0.05, 0) is 5.92 Å². The molecule has 0 radical (unpaired) electrons. The zero-order chi connectivity index (χ0) is 15.6. The van der Waals surface area contributed by atoms with Gasteiger partial charge in [-0.2, -0.15) is 0 Å². The summed E-state index contributed by atoms with van der Waals surface area (Å²) in [5, 5.41) is 5.04. The lowest BCUT2D eigenvalue weighted by atomic mass is 10.2. The van der Waals surface area contributed by atoms with Crippen molar-refractivity contribution in [2.24, 2.45) is 7.05 Å². The lowest BCUT2D eigenvalue weighted by molar-refractivity contribution is -0.116. The number of rotatable bonds is 4. The number of carbonyl (C=O) groups excluding carboxylic acids is 1. The quantitative estimate of drug-likeness (QED) is 0.903. The molecule has 0 aliphatic rings. The zero-order valence-electron chi connectivity index (χ0n) is 12.0. The van der Waals surface area contributed by atoms with Crippen LogP contribution in [0.3, 0.4) is 0 Å². The Balaban J connectivity index is 2.10. The van der Waals surface area contributed by atoms with E-state index in [0.717, 1.165) is 10.3 Å². The monoisotopic (exact) mass is 308 g/mol. The van der Waals surface area contributed by atoms with Crippen LogP contribution in [-0.2, 0) is 18.4 Å². The van der Waals surface area contributed by atoms with Gasteiger partial charge in [-0.15, -0.1) is 11.3 Å². The summed E-state index contributed by atoms with van der Waals surface area (Å²) in [6.07, 6.45) is 1.31. The van der Waals surface area contributed by atoms with E-state index in [-0.39, 0.29) is 18.4 Å². The smallest absolute Gasteiger partial charge is 0.300 e. The van der Waals surface area contributed by atoms with Gasteiger partial charge < -0.3 is 5.32 Å². The highest BCUT2D eigenvalue weighted by atomic mass is 32.1. The number of amides is 1. The Labute approximate surface area is 124 Å². The van der Waals surface area contributed by atoms with E-state index < -0.39 is 11.2 Å². The molecule has 21 heavy (non-hydrogen) atoms. The van der Waals surface area contributed by atoms with E-state index in [9.17, 15) is 14.4 Å². The molecule has 0 fully saturated rings. The highest BCUT2D eigenvalue weighted by Crippen LogP contribution is 2.21. The topological polar surface area (TPSA) is 86.0 Å². The summed E-state index contributed by atoms with van der Waals surface area (Å²) in [6, 6.07) is 1.24. The molecule has 2 rings (SSSR count). The standard InChI is InChI=1S/C13H16N4O3S/c1-8(2)9-7-21-12(14-9)15-10(18)6-17-5-4-11(19)16(3)13(17)20/h4-5,7-8H,6H2,1-3H3,(H,14,15,18). The molecule has 0 saturated carbocycles. The van der Waals surface area contributed by atoms with Crippen molar-refractivity contribution in [3.63, 3.8) is 0 Å². The maximum Gasteiger partial charge on any atom is 0.331 e. The number of nitrogens with one attached hydrogen (secondary N) is 1. The third-order valence-corrected chi connectivity index (χ3v) is 3.71. The predicted molar refractivity (Wildman–Crippen MR) is 80.8 cm³/mol. The first-order valence-corrected chi connectivity index (χ1v) is 7.28. The van der Waals surface area contributed by atoms with Crippen molar-refractivity contribution >= 4 is 22.4 Å². The molecule has 2 aromatic heterocycles. The molecular weight excluding hydrogens is 292 g/mol. The normalized spacial score (nSPS) is 10.9. The fourth-order valence-electron chi connectivity index (χ4n) is 1.66. The minimum absolute atomic E-state index is 0.163. The Kier molecular flexibility index (Phi) is 4.37. The second-order valence-electron chi connectivity index (χ2n) is 4.90. The van der Waals surface area contributed by atoms with Crippen LogP contribution in [0.4, 0.5) is 5.13 Å². The molecule has 0 saturated heterocycles. The number of hydrogen-bond acceptors (Lipinski definition) is 5. The minimum atomic E-state index is -0.528. The van der Waals surface area contributed by atoms with Gasteiger partial charge in [-0.25, -0.2) is 9.78 Å². The molecule has 0 bridgehead atoms. The summed E-state index contributed by atoms with van der Waals surface area (Å²) in [6.45, 7) is 3.87. The van der Waals surface area contributed by atoms with Crippen LogP contribution in [0.15, 0.2) is 27.2 Å². The largest absolute Gasteiger partial charge is 0.331 e. The van der Waals surface area contributed by atoms with Crippen molar-refractivity contribution in [1.82, 2.24) is 14.1 Å². The van der Waals surface area contributed by atoms with Gasteiger partial charge in [0.15, 0.2) is 5.13 Å². The third kappa shape index (κ3) is 3.46. The van der Waals surface area contributed by atoms with E-state index in [0.29, 0.717) is 5.13 Å². The maximum absolute atomic E-state index is 11.9. The lowest BCUT2D eigenvalue weighted by Crippen LogP contribution is -2.38. The van der Waals surface area contributed by atoms with Crippen LogP contribution in [0, 0.1) is 0 Å². The first kappa shape index (κ1) is 15.2. The molecule has 1 amide bonds. The molecule has 8 heteroatoms. The summed E-state index contributed by atoms with van der Waals surface area (Å²) in [7, 11) is 1.37. The van der Waals surface area contributed by atoms with Crippen molar-refractivity contribution in [2.45, 2.75) is 26.3 Å². The highest BCUT2D eigenvalue weighted by Gasteiger charge is 2.10. The first-order chi connectivity index (χ1) is 9.88. The highest BCUT2D eigenvalue weighted by molar-refractivity contribution is 7.13. The van der Waals surface area contributed by atoms with E-state index in [1.807, 2.05) is 19.2 Å². The summed E-state index contributed by atoms with van der Waals surface area (Å²) in [5.41, 5.74) is -0.0209. The fourth-order valence-corrected chi connectivity index (χ4v) is 2.55. The summed E-state index contributed by atoms with van der Waals surface area (Å²) in [5.74, 6) is -0.0708. The Morgan fingerprint density at radius 3 is 2.76 bits per heavy atom. The Morgan fingerprint density at radius 2 is 2.14 bits per heavy atom. The van der Waals surface area contributed by atoms with Crippen molar-refractivity contribution < 1.29 is 4.79 Å². The zero-order valence-corrected chi connectivity index (χ0v) is 12.8. The number of anilines is 1. The molecule has 0 unspecified atom stereocenters. The van der Waals surface area contributed by atoms with Crippen LogP contribution in [0.2, 0.25) is 0 Å². The van der Waals surface area contributed by atoms with Crippen LogP contribution in [0.5, 0.6) is 0 Å². The molecule has 0 aromatic carbocycles. The molecule has 1 N–H and O–H groups in total. The summed E-state index contributed by atoms with van der Waals surface area (Å²) < 4.78 is 2.13. The van der Waals surface area contributed by atoms with E-state index in [2.05, 4.69) is 10.3 Å². The number of thiazole rings is 1. The average molecular weight is 308 g/mol. The van der Waals surface area contributed by atoms with E-state index in [4.69, 9.17) is 0 Å². The summed E-state index contributed by atoms with van der Waals surface area (Å²) >= 11 is 1.34. The van der Waals surface area contributed by atoms with E-state index in [1.165, 1.54) is 35.2 Å². The van der Waals surface area contributed by atoms with Gasteiger partial charge in [-0.1, -0.05) is 13.8 Å². The van der Waals surface area contributed by atoms with Gasteiger partial charge in [0.05, 0.1) is 5.69 Å². The minimum Gasteiger partial charge on any atom is -0.300 e. The lowest BCUT2D eigenvalue weighted by Gasteiger charge is -2.06. The number of carbonyl (C=O) groups is 1. The van der Waals surface area contributed by atoms with Crippen LogP contribution in [0.1, 0.15) is 25.5 Å².